The standard InChI is InChI=1S/C6H5.C4H9.C2H5.CH3.Sn/c1-2-4-6-5-3-1;1-4(2)3;1-2;;/h1-5H;1-3H3;1H2,2H3;1H3;. The summed E-state index contributed by atoms with van der Waals surface area (Å²) in [6.07, 6.45) is 0. The zero-order chi connectivity index (χ0) is 10.8. The first kappa shape index (κ1) is 12.1. The molecule has 1 aromatic rings. The van der Waals surface area contributed by atoms with Crippen LogP contribution in [0, 0.1) is 0 Å². The molecule has 0 aliphatic carbocycles. The Kier molecular flexibility index (Phi) is 3.68. The fourth-order valence-electron chi connectivity index (χ4n) is 1.97. The second-order valence-electron chi connectivity index (χ2n) is 5.30. The van der Waals surface area contributed by atoms with Crippen LogP contribution in [0.1, 0.15) is 27.7 Å². The summed E-state index contributed by atoms with van der Waals surface area (Å²) < 4.78 is 3.57. The molecule has 0 spiro atoms. The first-order valence-corrected chi connectivity index (χ1v) is 13.2. The first-order valence-electron chi connectivity index (χ1n) is 5.47. The summed E-state index contributed by atoms with van der Waals surface area (Å²) >= 11 is -2.11. The molecule has 14 heavy (non-hydrogen) atoms. The molecule has 0 N–H and O–H groups in total. The van der Waals surface area contributed by atoms with Crippen LogP contribution in [0.2, 0.25) is 12.8 Å². The van der Waals surface area contributed by atoms with Crippen molar-refractivity contribution in [2.45, 2.75) is 40.5 Å². The maximum absolute atomic E-state index is 2.57. The molecular formula is C13H22Sn. The van der Waals surface area contributed by atoms with Crippen molar-refractivity contribution in [1.82, 2.24) is 0 Å². The van der Waals surface area contributed by atoms with Gasteiger partial charge < -0.3 is 0 Å². The number of benzene rings is 1. The molecule has 0 amide bonds. The number of hydrogen-bond acceptors (Lipinski definition) is 0. The predicted octanol–water partition coefficient (Wildman–Crippen LogP) is 3.79. The molecule has 0 nitrogen and oxygen atoms in total. The minimum atomic E-state index is -2.11. The minimum absolute atomic E-state index is 0.519. The van der Waals surface area contributed by atoms with Crippen molar-refractivity contribution < 1.29 is 0 Å². The van der Waals surface area contributed by atoms with Crippen molar-refractivity contribution in [3.05, 3.63) is 30.3 Å². The Balaban J connectivity index is 3.15. The molecule has 0 heterocycles. The molecule has 0 aliphatic heterocycles. The molecule has 1 heteroatoms. The molecule has 1 aromatic carbocycles. The van der Waals surface area contributed by atoms with Crippen LogP contribution in [-0.2, 0) is 0 Å². The van der Waals surface area contributed by atoms with E-state index in [9.17, 15) is 0 Å². The van der Waals surface area contributed by atoms with Crippen LogP contribution in [0.3, 0.4) is 0 Å². The van der Waals surface area contributed by atoms with Crippen LogP contribution in [0.5, 0.6) is 0 Å². The van der Waals surface area contributed by atoms with E-state index in [1.54, 1.807) is 3.58 Å². The second kappa shape index (κ2) is 4.26. The fraction of sp³-hybridized carbons (Fsp3) is 0.538. The quantitative estimate of drug-likeness (QED) is 0.729. The monoisotopic (exact) mass is 298 g/mol. The average molecular weight is 297 g/mol. The summed E-state index contributed by atoms with van der Waals surface area (Å²) in [6, 6.07) is 11.2. The molecule has 0 aliphatic rings. The average Bonchev–Trinajstić information content (AvgIpc) is 2.16. The van der Waals surface area contributed by atoms with Gasteiger partial charge in [-0.2, -0.15) is 0 Å². The van der Waals surface area contributed by atoms with Crippen molar-refractivity contribution in [2.75, 3.05) is 0 Å². The van der Waals surface area contributed by atoms with E-state index in [1.807, 2.05) is 0 Å². The summed E-state index contributed by atoms with van der Waals surface area (Å²) in [4.78, 5) is 2.57. The molecule has 1 rings (SSSR count). The second-order valence-corrected chi connectivity index (χ2v) is 20.9. The Morgan fingerprint density at radius 3 is 1.93 bits per heavy atom. The molecule has 0 saturated carbocycles. The van der Waals surface area contributed by atoms with Gasteiger partial charge in [-0.1, -0.05) is 0 Å². The van der Waals surface area contributed by atoms with E-state index in [-0.39, 0.29) is 0 Å². The van der Waals surface area contributed by atoms with Crippen molar-refractivity contribution in [3.63, 3.8) is 0 Å². The van der Waals surface area contributed by atoms with Gasteiger partial charge in [-0.25, -0.2) is 0 Å². The molecule has 0 aromatic heterocycles. The molecule has 1 unspecified atom stereocenters. The molecule has 0 fully saturated rings. The van der Waals surface area contributed by atoms with E-state index in [0.29, 0.717) is 3.43 Å². The van der Waals surface area contributed by atoms with Gasteiger partial charge in [-0.15, -0.1) is 0 Å². The molecule has 1 atom stereocenters. The van der Waals surface area contributed by atoms with Gasteiger partial charge in [0.1, 0.15) is 0 Å². The third-order valence-electron chi connectivity index (χ3n) is 3.77. The summed E-state index contributed by atoms with van der Waals surface area (Å²) in [6.45, 7) is 9.62. The Morgan fingerprint density at radius 2 is 1.57 bits per heavy atom. The summed E-state index contributed by atoms with van der Waals surface area (Å²) in [7, 11) is 0. The van der Waals surface area contributed by atoms with Gasteiger partial charge in [-0.3, -0.25) is 0 Å². The van der Waals surface area contributed by atoms with E-state index in [0.717, 1.165) is 0 Å². The van der Waals surface area contributed by atoms with Crippen LogP contribution in [0.15, 0.2) is 30.3 Å². The number of hydrogen-bond donors (Lipinski definition) is 0. The first-order chi connectivity index (χ1) is 6.42. The zero-order valence-corrected chi connectivity index (χ0v) is 12.9. The molecule has 0 saturated heterocycles. The topological polar surface area (TPSA) is 0 Å². The fourth-order valence-corrected chi connectivity index (χ4v) is 11.3. The summed E-state index contributed by atoms with van der Waals surface area (Å²) in [5, 5.41) is 0. The van der Waals surface area contributed by atoms with Crippen LogP contribution in [0.25, 0.3) is 0 Å². The van der Waals surface area contributed by atoms with E-state index >= 15 is 0 Å². The maximum atomic E-state index is 2.57. The third-order valence-corrected chi connectivity index (χ3v) is 21.8. The van der Waals surface area contributed by atoms with E-state index < -0.39 is 18.4 Å². The van der Waals surface area contributed by atoms with Gasteiger partial charge in [0.25, 0.3) is 0 Å². The van der Waals surface area contributed by atoms with Gasteiger partial charge >= 0.3 is 92.8 Å². The number of rotatable bonds is 2. The molecule has 0 radical (unpaired) electrons. The Labute approximate surface area is 92.6 Å². The Bertz CT molecular complexity index is 284. The summed E-state index contributed by atoms with van der Waals surface area (Å²) in [5.74, 6) is 0. The van der Waals surface area contributed by atoms with Crippen LogP contribution in [0.4, 0.5) is 0 Å². The van der Waals surface area contributed by atoms with Gasteiger partial charge in [0, 0.05) is 0 Å². The van der Waals surface area contributed by atoms with Crippen molar-refractivity contribution in [3.8, 4) is 0 Å². The van der Waals surface area contributed by atoms with Crippen molar-refractivity contribution in [1.29, 1.82) is 0 Å². The van der Waals surface area contributed by atoms with Gasteiger partial charge in [0.2, 0.25) is 0 Å². The SMILES string of the molecule is C[CH2][Sn]([CH3])([c]1ccccc1)[C](C)(C)C. The van der Waals surface area contributed by atoms with Crippen LogP contribution < -0.4 is 3.58 Å². The zero-order valence-electron chi connectivity index (χ0n) is 10.1. The third kappa shape index (κ3) is 2.16. The van der Waals surface area contributed by atoms with Gasteiger partial charge in [0.05, 0.1) is 0 Å². The Hall–Kier alpha value is 0.0187. The molecule has 78 valence electrons. The van der Waals surface area contributed by atoms with E-state index in [2.05, 4.69) is 63.0 Å². The van der Waals surface area contributed by atoms with E-state index in [1.165, 1.54) is 4.44 Å². The molecular weight excluding hydrogens is 275 g/mol. The predicted molar refractivity (Wildman–Crippen MR) is 67.9 cm³/mol. The summed E-state index contributed by atoms with van der Waals surface area (Å²) in [5.41, 5.74) is 0. The van der Waals surface area contributed by atoms with Crippen molar-refractivity contribution in [2.24, 2.45) is 0 Å². The van der Waals surface area contributed by atoms with Gasteiger partial charge in [0.15, 0.2) is 0 Å². The molecule has 0 bridgehead atoms. The Morgan fingerprint density at radius 1 is 1.07 bits per heavy atom. The van der Waals surface area contributed by atoms with Crippen molar-refractivity contribution >= 4 is 22.0 Å². The van der Waals surface area contributed by atoms with Crippen LogP contribution >= 0.6 is 0 Å². The van der Waals surface area contributed by atoms with Crippen LogP contribution in [-0.4, -0.2) is 18.4 Å². The van der Waals surface area contributed by atoms with E-state index in [4.69, 9.17) is 0 Å². The van der Waals surface area contributed by atoms with Gasteiger partial charge in [-0.05, 0) is 0 Å². The normalized spacial score (nSPS) is 16.4.